The van der Waals surface area contributed by atoms with Crippen molar-refractivity contribution in [1.29, 1.82) is 0 Å². The Labute approximate surface area is 98.0 Å². The van der Waals surface area contributed by atoms with E-state index in [1.807, 2.05) is 0 Å². The minimum atomic E-state index is -0.793. The molecule has 0 saturated heterocycles. The van der Waals surface area contributed by atoms with Gasteiger partial charge in [0.1, 0.15) is 5.69 Å². The molecule has 1 rings (SSSR count). The number of thiocarbonyl (C=S) groups is 1. The molecule has 0 aliphatic rings. The van der Waals surface area contributed by atoms with Gasteiger partial charge < -0.3 is 16.0 Å². The highest BCUT2D eigenvalue weighted by molar-refractivity contribution is 7.80. The summed E-state index contributed by atoms with van der Waals surface area (Å²) in [5.41, 5.74) is 4.52. The average molecular weight is 239 g/mol. The van der Waals surface area contributed by atoms with Gasteiger partial charge in [0.25, 0.3) is 5.91 Å². The number of hydrogen-bond acceptors (Lipinski definition) is 3. The van der Waals surface area contributed by atoms with Gasteiger partial charge in [-0.3, -0.25) is 9.59 Å². The van der Waals surface area contributed by atoms with Crippen LogP contribution in [0.25, 0.3) is 0 Å². The van der Waals surface area contributed by atoms with Gasteiger partial charge in [0.2, 0.25) is 5.56 Å². The summed E-state index contributed by atoms with van der Waals surface area (Å²) in [5, 5.41) is 2.62. The van der Waals surface area contributed by atoms with Crippen LogP contribution in [0.15, 0.2) is 23.0 Å². The number of nitrogens with two attached hydrogens (primary N) is 1. The van der Waals surface area contributed by atoms with Crippen LogP contribution >= 0.6 is 12.2 Å². The van der Waals surface area contributed by atoms with Crippen LogP contribution in [0.2, 0.25) is 0 Å². The molecule has 0 saturated carbocycles. The molecule has 1 aromatic rings. The molecule has 0 atom stereocenters. The van der Waals surface area contributed by atoms with Gasteiger partial charge in [-0.25, -0.2) is 0 Å². The third-order valence-electron chi connectivity index (χ3n) is 2.06. The van der Waals surface area contributed by atoms with Gasteiger partial charge in [-0.1, -0.05) is 18.3 Å². The van der Waals surface area contributed by atoms with Crippen LogP contribution < -0.4 is 16.6 Å². The molecule has 6 heteroatoms. The van der Waals surface area contributed by atoms with E-state index in [2.05, 4.69) is 10.3 Å². The summed E-state index contributed by atoms with van der Waals surface area (Å²) in [6.07, 6.45) is 0. The maximum atomic E-state index is 11.7. The molecule has 1 aromatic heterocycles. The summed E-state index contributed by atoms with van der Waals surface area (Å²) in [5.74, 6) is -0.421. The van der Waals surface area contributed by atoms with E-state index in [1.54, 1.807) is 13.8 Å². The average Bonchev–Trinajstić information content (AvgIpc) is 2.16. The SMILES string of the molecule is CC(C)(NC(=O)c1cccc(=O)[nH]1)C(N)=S. The third kappa shape index (κ3) is 2.90. The summed E-state index contributed by atoms with van der Waals surface area (Å²) < 4.78 is 0. The van der Waals surface area contributed by atoms with E-state index in [0.717, 1.165) is 0 Å². The number of pyridine rings is 1. The van der Waals surface area contributed by atoms with Crippen LogP contribution in [-0.4, -0.2) is 21.4 Å². The molecule has 86 valence electrons. The molecule has 0 radical (unpaired) electrons. The van der Waals surface area contributed by atoms with E-state index in [0.29, 0.717) is 0 Å². The summed E-state index contributed by atoms with van der Waals surface area (Å²) in [6, 6.07) is 4.34. The Bertz CT molecular complexity index is 479. The molecule has 0 unspecified atom stereocenters. The number of H-pyrrole nitrogens is 1. The van der Waals surface area contributed by atoms with Crippen molar-refractivity contribution in [3.05, 3.63) is 34.2 Å². The fourth-order valence-corrected chi connectivity index (χ4v) is 1.04. The standard InChI is InChI=1S/C10H13N3O2S/c1-10(2,9(11)16)13-8(15)6-4-3-5-7(14)12-6/h3-5H,1-2H3,(H2,11,16)(H,12,14)(H,13,15). The quantitative estimate of drug-likeness (QED) is 0.656. The topological polar surface area (TPSA) is 88.0 Å². The van der Waals surface area contributed by atoms with Crippen LogP contribution in [-0.2, 0) is 0 Å². The van der Waals surface area contributed by atoms with Crippen molar-refractivity contribution in [2.24, 2.45) is 5.73 Å². The third-order valence-corrected chi connectivity index (χ3v) is 2.57. The minimum absolute atomic E-state index is 0.178. The molecule has 5 nitrogen and oxygen atoms in total. The lowest BCUT2D eigenvalue weighted by Crippen LogP contribution is -2.52. The highest BCUT2D eigenvalue weighted by Gasteiger charge is 2.24. The molecular weight excluding hydrogens is 226 g/mol. The lowest BCUT2D eigenvalue weighted by Gasteiger charge is -2.24. The van der Waals surface area contributed by atoms with Crippen molar-refractivity contribution in [3.8, 4) is 0 Å². The van der Waals surface area contributed by atoms with E-state index >= 15 is 0 Å². The molecule has 1 heterocycles. The van der Waals surface area contributed by atoms with Crippen LogP contribution in [0.3, 0.4) is 0 Å². The molecule has 0 fully saturated rings. The van der Waals surface area contributed by atoms with E-state index < -0.39 is 11.4 Å². The summed E-state index contributed by atoms with van der Waals surface area (Å²) in [7, 11) is 0. The highest BCUT2D eigenvalue weighted by Crippen LogP contribution is 2.03. The highest BCUT2D eigenvalue weighted by atomic mass is 32.1. The Kier molecular flexibility index (Phi) is 3.44. The monoisotopic (exact) mass is 239 g/mol. The van der Waals surface area contributed by atoms with Gasteiger partial charge in [-0.05, 0) is 19.9 Å². The molecule has 0 aliphatic carbocycles. The lowest BCUT2D eigenvalue weighted by molar-refractivity contribution is 0.0927. The zero-order valence-electron chi connectivity index (χ0n) is 9.03. The van der Waals surface area contributed by atoms with Gasteiger partial charge in [0, 0.05) is 6.07 Å². The van der Waals surface area contributed by atoms with E-state index in [1.165, 1.54) is 18.2 Å². The number of aromatic nitrogens is 1. The molecule has 0 aliphatic heterocycles. The number of rotatable bonds is 3. The molecule has 4 N–H and O–H groups in total. The number of carbonyl (C=O) groups is 1. The first-order valence-electron chi connectivity index (χ1n) is 4.65. The Morgan fingerprint density at radius 3 is 2.62 bits per heavy atom. The first-order chi connectivity index (χ1) is 7.33. The summed E-state index contributed by atoms with van der Waals surface area (Å²) >= 11 is 4.82. The zero-order chi connectivity index (χ0) is 12.3. The fourth-order valence-electron chi connectivity index (χ4n) is 0.993. The fraction of sp³-hybridized carbons (Fsp3) is 0.300. The van der Waals surface area contributed by atoms with Crippen molar-refractivity contribution in [1.82, 2.24) is 10.3 Å². The van der Waals surface area contributed by atoms with E-state index in [-0.39, 0.29) is 16.2 Å². The van der Waals surface area contributed by atoms with Crippen LogP contribution in [0.5, 0.6) is 0 Å². The number of aromatic amines is 1. The van der Waals surface area contributed by atoms with Gasteiger partial charge in [0.15, 0.2) is 0 Å². The van der Waals surface area contributed by atoms with Crippen LogP contribution in [0, 0.1) is 0 Å². The van der Waals surface area contributed by atoms with E-state index in [4.69, 9.17) is 18.0 Å². The molecule has 1 amide bonds. The lowest BCUT2D eigenvalue weighted by atomic mass is 10.1. The smallest absolute Gasteiger partial charge is 0.268 e. The van der Waals surface area contributed by atoms with Crippen LogP contribution in [0.1, 0.15) is 24.3 Å². The maximum absolute atomic E-state index is 11.7. The van der Waals surface area contributed by atoms with Crippen molar-refractivity contribution >= 4 is 23.1 Å². The Hall–Kier alpha value is -1.69. The van der Waals surface area contributed by atoms with Crippen molar-refractivity contribution in [3.63, 3.8) is 0 Å². The largest absolute Gasteiger partial charge is 0.391 e. The van der Waals surface area contributed by atoms with Gasteiger partial charge >= 0.3 is 0 Å². The van der Waals surface area contributed by atoms with Crippen LogP contribution in [0.4, 0.5) is 0 Å². The zero-order valence-corrected chi connectivity index (χ0v) is 9.85. The normalized spacial score (nSPS) is 10.9. The first kappa shape index (κ1) is 12.4. The second-order valence-corrected chi connectivity index (χ2v) is 4.31. The van der Waals surface area contributed by atoms with E-state index in [9.17, 15) is 9.59 Å². The second-order valence-electron chi connectivity index (χ2n) is 3.87. The number of nitrogens with one attached hydrogen (secondary N) is 2. The van der Waals surface area contributed by atoms with Crippen molar-refractivity contribution < 1.29 is 4.79 Å². The van der Waals surface area contributed by atoms with Crippen molar-refractivity contribution in [2.45, 2.75) is 19.4 Å². The minimum Gasteiger partial charge on any atom is -0.391 e. The number of hydrogen-bond donors (Lipinski definition) is 3. The molecular formula is C10H13N3O2S. The van der Waals surface area contributed by atoms with Gasteiger partial charge in [-0.15, -0.1) is 0 Å². The molecule has 16 heavy (non-hydrogen) atoms. The summed E-state index contributed by atoms with van der Waals surface area (Å²) in [4.78, 5) is 25.3. The van der Waals surface area contributed by atoms with Crippen molar-refractivity contribution in [2.75, 3.05) is 0 Å². The maximum Gasteiger partial charge on any atom is 0.268 e. The Morgan fingerprint density at radius 1 is 1.50 bits per heavy atom. The Morgan fingerprint density at radius 2 is 2.12 bits per heavy atom. The van der Waals surface area contributed by atoms with Gasteiger partial charge in [0.05, 0.1) is 10.5 Å². The number of carbonyl (C=O) groups excluding carboxylic acids is 1. The Balaban J connectivity index is 2.89. The molecule has 0 aromatic carbocycles. The predicted octanol–water partition coefficient (Wildman–Crippen LogP) is 0.169. The molecule has 0 bridgehead atoms. The van der Waals surface area contributed by atoms with Gasteiger partial charge in [-0.2, -0.15) is 0 Å². The number of amides is 1. The predicted molar refractivity (Wildman–Crippen MR) is 65.4 cm³/mol. The first-order valence-corrected chi connectivity index (χ1v) is 5.05. The second kappa shape index (κ2) is 4.44. The summed E-state index contributed by atoms with van der Waals surface area (Å²) in [6.45, 7) is 3.38. The molecule has 0 spiro atoms.